The molecule has 0 bridgehead atoms. The second kappa shape index (κ2) is 7.26. The first-order chi connectivity index (χ1) is 11.7. The summed E-state index contributed by atoms with van der Waals surface area (Å²) in [7, 11) is 1.39. The fraction of sp³-hybridized carbons (Fsp3) is 0.238. The third-order valence-electron chi connectivity index (χ3n) is 4.41. The maximum absolute atomic E-state index is 11.8. The van der Waals surface area contributed by atoms with Gasteiger partial charge in [-0.05, 0) is 29.5 Å². The number of fused-ring (bicyclic) bond motifs is 1. The monoisotopic (exact) mass is 319 g/mol. The van der Waals surface area contributed by atoms with Crippen molar-refractivity contribution in [1.82, 2.24) is 0 Å². The number of benzene rings is 2. The lowest BCUT2D eigenvalue weighted by atomic mass is 9.82. The molecule has 0 amide bonds. The highest BCUT2D eigenvalue weighted by Crippen LogP contribution is 2.31. The molecule has 0 saturated carbocycles. The van der Waals surface area contributed by atoms with Gasteiger partial charge in [-0.25, -0.2) is 4.79 Å². The fourth-order valence-electron chi connectivity index (χ4n) is 3.20. The van der Waals surface area contributed by atoms with E-state index in [0.717, 1.165) is 24.2 Å². The number of rotatable bonds is 5. The van der Waals surface area contributed by atoms with Gasteiger partial charge in [-0.3, -0.25) is 4.99 Å². The van der Waals surface area contributed by atoms with Crippen molar-refractivity contribution in [3.05, 3.63) is 83.4 Å². The second-order valence-electron chi connectivity index (χ2n) is 5.94. The minimum absolute atomic E-state index is 0.000694. The number of hydrogen-bond acceptors (Lipinski definition) is 3. The zero-order valence-corrected chi connectivity index (χ0v) is 13.9. The molecule has 1 heterocycles. The van der Waals surface area contributed by atoms with E-state index in [0.29, 0.717) is 12.0 Å². The Morgan fingerprint density at radius 3 is 2.62 bits per heavy atom. The molecule has 0 N–H and O–H groups in total. The topological polar surface area (TPSA) is 38.7 Å². The van der Waals surface area contributed by atoms with Crippen LogP contribution in [0.2, 0.25) is 0 Å². The van der Waals surface area contributed by atoms with Crippen molar-refractivity contribution in [2.24, 2.45) is 4.99 Å². The minimum Gasteiger partial charge on any atom is -0.466 e. The summed E-state index contributed by atoms with van der Waals surface area (Å²) in [4.78, 5) is 16.7. The molecule has 2 aromatic rings. The SMILES string of the molecule is C=C(CC(C1=NCCc2ccccc21)c1ccccc1)C(=O)OC. The maximum atomic E-state index is 11.8. The van der Waals surface area contributed by atoms with Crippen molar-refractivity contribution in [3.8, 4) is 0 Å². The lowest BCUT2D eigenvalue weighted by molar-refractivity contribution is -0.136. The van der Waals surface area contributed by atoms with Gasteiger partial charge in [-0.1, -0.05) is 61.2 Å². The summed E-state index contributed by atoms with van der Waals surface area (Å²) < 4.78 is 4.83. The normalized spacial score (nSPS) is 14.3. The summed E-state index contributed by atoms with van der Waals surface area (Å²) in [6, 6.07) is 18.5. The first kappa shape index (κ1) is 16.2. The van der Waals surface area contributed by atoms with Gasteiger partial charge in [0.25, 0.3) is 0 Å². The molecule has 0 spiro atoms. The van der Waals surface area contributed by atoms with Crippen LogP contribution in [0.25, 0.3) is 0 Å². The number of carbonyl (C=O) groups excluding carboxylic acids is 1. The molecule has 0 fully saturated rings. The molecule has 1 unspecified atom stereocenters. The Hall–Kier alpha value is -2.68. The second-order valence-corrected chi connectivity index (χ2v) is 5.94. The average molecular weight is 319 g/mol. The summed E-state index contributed by atoms with van der Waals surface area (Å²) in [5.74, 6) is -0.361. The number of aliphatic imine (C=N–C) groups is 1. The van der Waals surface area contributed by atoms with E-state index >= 15 is 0 Å². The Labute approximate surface area is 142 Å². The van der Waals surface area contributed by atoms with Gasteiger partial charge < -0.3 is 4.74 Å². The lowest BCUT2D eigenvalue weighted by Crippen LogP contribution is -2.22. The highest BCUT2D eigenvalue weighted by atomic mass is 16.5. The number of esters is 1. The molecule has 1 aliphatic rings. The van der Waals surface area contributed by atoms with Gasteiger partial charge in [0.05, 0.1) is 12.8 Å². The Balaban J connectivity index is 2.01. The molecule has 0 saturated heterocycles. The molecule has 122 valence electrons. The minimum atomic E-state index is -0.361. The molecule has 0 aromatic heterocycles. The van der Waals surface area contributed by atoms with Crippen molar-refractivity contribution in [1.29, 1.82) is 0 Å². The summed E-state index contributed by atoms with van der Waals surface area (Å²) >= 11 is 0. The van der Waals surface area contributed by atoms with Crippen LogP contribution in [0.5, 0.6) is 0 Å². The summed E-state index contributed by atoms with van der Waals surface area (Å²) in [6.07, 6.45) is 1.46. The van der Waals surface area contributed by atoms with E-state index in [-0.39, 0.29) is 11.9 Å². The van der Waals surface area contributed by atoms with E-state index in [9.17, 15) is 4.79 Å². The van der Waals surface area contributed by atoms with Crippen molar-refractivity contribution >= 4 is 11.7 Å². The predicted octanol–water partition coefficient (Wildman–Crippen LogP) is 3.93. The van der Waals surface area contributed by atoms with Crippen LogP contribution in [0.1, 0.15) is 29.0 Å². The van der Waals surface area contributed by atoms with E-state index in [1.807, 2.05) is 24.3 Å². The largest absolute Gasteiger partial charge is 0.466 e. The third-order valence-corrected chi connectivity index (χ3v) is 4.41. The lowest BCUT2D eigenvalue weighted by Gasteiger charge is -2.25. The van der Waals surface area contributed by atoms with Gasteiger partial charge in [0.2, 0.25) is 0 Å². The average Bonchev–Trinajstić information content (AvgIpc) is 2.65. The van der Waals surface area contributed by atoms with Crippen LogP contribution in [-0.4, -0.2) is 25.3 Å². The molecular weight excluding hydrogens is 298 g/mol. The van der Waals surface area contributed by atoms with Gasteiger partial charge in [0.1, 0.15) is 0 Å². The first-order valence-electron chi connectivity index (χ1n) is 8.14. The summed E-state index contributed by atoms with van der Waals surface area (Å²) in [6.45, 7) is 4.69. The molecule has 24 heavy (non-hydrogen) atoms. The highest BCUT2D eigenvalue weighted by Gasteiger charge is 2.26. The zero-order chi connectivity index (χ0) is 16.9. The quantitative estimate of drug-likeness (QED) is 0.618. The van der Waals surface area contributed by atoms with Gasteiger partial charge in [0, 0.05) is 18.0 Å². The first-order valence-corrected chi connectivity index (χ1v) is 8.14. The van der Waals surface area contributed by atoms with Crippen molar-refractivity contribution < 1.29 is 9.53 Å². The number of methoxy groups -OCH3 is 1. The molecule has 1 atom stereocenters. The van der Waals surface area contributed by atoms with Crippen LogP contribution < -0.4 is 0 Å². The molecule has 0 aliphatic carbocycles. The molecule has 0 radical (unpaired) electrons. The summed E-state index contributed by atoms with van der Waals surface area (Å²) in [5.41, 5.74) is 5.13. The smallest absolute Gasteiger partial charge is 0.333 e. The summed E-state index contributed by atoms with van der Waals surface area (Å²) in [5, 5.41) is 0. The van der Waals surface area contributed by atoms with Crippen molar-refractivity contribution in [3.63, 3.8) is 0 Å². The maximum Gasteiger partial charge on any atom is 0.333 e. The van der Waals surface area contributed by atoms with Crippen LogP contribution in [0.15, 0.2) is 71.7 Å². The standard InChI is InChI=1S/C21H21NO2/c1-15(21(23)24-2)14-19(16-8-4-3-5-9-16)20-18-11-7-6-10-17(18)12-13-22-20/h3-11,19H,1,12-14H2,2H3. The Morgan fingerprint density at radius 2 is 1.88 bits per heavy atom. The van der Waals surface area contributed by atoms with Crippen LogP contribution in [0.3, 0.4) is 0 Å². The van der Waals surface area contributed by atoms with Gasteiger partial charge in [0.15, 0.2) is 0 Å². The molecule has 3 heteroatoms. The Bertz CT molecular complexity index is 777. The number of hydrogen-bond donors (Lipinski definition) is 0. The molecule has 2 aromatic carbocycles. The van der Waals surface area contributed by atoms with Crippen LogP contribution in [0, 0.1) is 0 Å². The fourth-order valence-corrected chi connectivity index (χ4v) is 3.20. The molecular formula is C21H21NO2. The van der Waals surface area contributed by atoms with E-state index in [1.165, 1.54) is 18.2 Å². The number of carbonyl (C=O) groups is 1. The van der Waals surface area contributed by atoms with Gasteiger partial charge >= 0.3 is 5.97 Å². The third kappa shape index (κ3) is 3.30. The van der Waals surface area contributed by atoms with E-state index in [2.05, 4.69) is 36.9 Å². The molecule has 1 aliphatic heterocycles. The van der Waals surface area contributed by atoms with E-state index < -0.39 is 0 Å². The van der Waals surface area contributed by atoms with E-state index in [4.69, 9.17) is 9.73 Å². The highest BCUT2D eigenvalue weighted by molar-refractivity contribution is 6.07. The van der Waals surface area contributed by atoms with Crippen LogP contribution in [-0.2, 0) is 16.0 Å². The Morgan fingerprint density at radius 1 is 1.17 bits per heavy atom. The molecule has 3 rings (SSSR count). The zero-order valence-electron chi connectivity index (χ0n) is 13.9. The van der Waals surface area contributed by atoms with E-state index in [1.54, 1.807) is 0 Å². The van der Waals surface area contributed by atoms with Crippen LogP contribution in [0.4, 0.5) is 0 Å². The van der Waals surface area contributed by atoms with Gasteiger partial charge in [-0.2, -0.15) is 0 Å². The number of ether oxygens (including phenoxy) is 1. The molecule has 3 nitrogen and oxygen atoms in total. The number of nitrogens with zero attached hydrogens (tertiary/aromatic N) is 1. The van der Waals surface area contributed by atoms with Gasteiger partial charge in [-0.15, -0.1) is 0 Å². The van der Waals surface area contributed by atoms with Crippen molar-refractivity contribution in [2.45, 2.75) is 18.8 Å². The van der Waals surface area contributed by atoms with Crippen LogP contribution >= 0.6 is 0 Å². The Kier molecular flexibility index (Phi) is 4.90. The predicted molar refractivity (Wildman–Crippen MR) is 96.5 cm³/mol. The van der Waals surface area contributed by atoms with Crippen molar-refractivity contribution in [2.75, 3.05) is 13.7 Å².